The number of rotatable bonds is 5. The van der Waals surface area contributed by atoms with E-state index >= 15 is 0 Å². The van der Waals surface area contributed by atoms with E-state index in [1.807, 2.05) is 30.3 Å². The highest BCUT2D eigenvalue weighted by molar-refractivity contribution is 6.31. The Morgan fingerprint density at radius 2 is 1.90 bits per heavy atom. The number of carbonyl (C=O) groups excluding carboxylic acids is 1. The number of benzene rings is 2. The number of ether oxygens (including phenoxy) is 1. The molecule has 0 saturated carbocycles. The number of carbonyl (C=O) groups is 1. The molecule has 1 amide bonds. The van der Waals surface area contributed by atoms with Gasteiger partial charge in [-0.05, 0) is 23.8 Å². The third-order valence-corrected chi connectivity index (χ3v) is 5.32. The predicted octanol–water partition coefficient (Wildman–Crippen LogP) is 2.91. The van der Waals surface area contributed by atoms with E-state index in [4.69, 9.17) is 16.3 Å². The summed E-state index contributed by atoms with van der Waals surface area (Å²) in [5.41, 5.74) is 1.72. The molecule has 2 aromatic carbocycles. The first-order valence-corrected chi connectivity index (χ1v) is 10.0. The second kappa shape index (κ2) is 8.78. The third-order valence-electron chi connectivity index (χ3n) is 5.08. The van der Waals surface area contributed by atoms with E-state index in [2.05, 4.69) is 15.2 Å². The number of hydrogen-bond acceptors (Lipinski definition) is 4. The van der Waals surface area contributed by atoms with Crippen molar-refractivity contribution in [3.05, 3.63) is 69.5 Å². The lowest BCUT2D eigenvalue weighted by molar-refractivity contribution is 0.0383. The lowest BCUT2D eigenvalue weighted by Gasteiger charge is -2.26. The van der Waals surface area contributed by atoms with Gasteiger partial charge in [0.05, 0.1) is 13.2 Å². The maximum absolute atomic E-state index is 13.0. The van der Waals surface area contributed by atoms with Crippen LogP contribution in [0.1, 0.15) is 10.4 Å². The van der Waals surface area contributed by atoms with E-state index in [0.717, 1.165) is 24.0 Å². The number of morpholine rings is 1. The zero-order chi connectivity index (χ0) is 20.2. The number of H-pyrrole nitrogens is 1. The maximum atomic E-state index is 13.0. The van der Waals surface area contributed by atoms with Gasteiger partial charge in [0.25, 0.3) is 11.5 Å². The number of hydrogen-bond donors (Lipinski definition) is 2. The van der Waals surface area contributed by atoms with E-state index in [0.29, 0.717) is 42.4 Å². The van der Waals surface area contributed by atoms with Crippen LogP contribution in [0.3, 0.4) is 0 Å². The quantitative estimate of drug-likeness (QED) is 0.677. The molecule has 29 heavy (non-hydrogen) atoms. The zero-order valence-corrected chi connectivity index (χ0v) is 16.7. The Morgan fingerprint density at radius 3 is 2.66 bits per heavy atom. The molecule has 0 atom stereocenters. The molecular formula is C22H22ClN3O3. The van der Waals surface area contributed by atoms with Crippen LogP contribution in [0.2, 0.25) is 5.02 Å². The van der Waals surface area contributed by atoms with Crippen LogP contribution in [0.25, 0.3) is 22.0 Å². The van der Waals surface area contributed by atoms with E-state index in [-0.39, 0.29) is 11.5 Å². The minimum atomic E-state index is -0.414. The summed E-state index contributed by atoms with van der Waals surface area (Å²) < 4.78 is 5.34. The van der Waals surface area contributed by atoms with Crippen LogP contribution >= 0.6 is 11.6 Å². The van der Waals surface area contributed by atoms with Gasteiger partial charge in [-0.3, -0.25) is 14.5 Å². The second-order valence-electron chi connectivity index (χ2n) is 6.97. The van der Waals surface area contributed by atoms with Crippen LogP contribution in [0.4, 0.5) is 0 Å². The fourth-order valence-corrected chi connectivity index (χ4v) is 3.80. The van der Waals surface area contributed by atoms with Crippen molar-refractivity contribution in [3.63, 3.8) is 0 Å². The molecule has 7 heteroatoms. The molecule has 1 fully saturated rings. The molecule has 150 valence electrons. The van der Waals surface area contributed by atoms with Crippen LogP contribution in [0.15, 0.2) is 53.3 Å². The molecule has 3 aromatic rings. The van der Waals surface area contributed by atoms with Crippen molar-refractivity contribution >= 4 is 28.4 Å². The van der Waals surface area contributed by atoms with Crippen molar-refractivity contribution in [2.24, 2.45) is 0 Å². The summed E-state index contributed by atoms with van der Waals surface area (Å²) in [4.78, 5) is 30.9. The van der Waals surface area contributed by atoms with Crippen LogP contribution in [-0.4, -0.2) is 55.2 Å². The Labute approximate surface area is 173 Å². The molecular weight excluding hydrogens is 390 g/mol. The van der Waals surface area contributed by atoms with E-state index in [1.54, 1.807) is 18.2 Å². The van der Waals surface area contributed by atoms with Gasteiger partial charge in [0.1, 0.15) is 5.56 Å². The summed E-state index contributed by atoms with van der Waals surface area (Å²) in [6.07, 6.45) is 0. The van der Waals surface area contributed by atoms with E-state index in [1.165, 1.54) is 0 Å². The number of halogens is 1. The highest BCUT2D eigenvalue weighted by atomic mass is 35.5. The van der Waals surface area contributed by atoms with E-state index in [9.17, 15) is 9.59 Å². The molecule has 0 radical (unpaired) electrons. The first-order valence-electron chi connectivity index (χ1n) is 9.63. The highest BCUT2D eigenvalue weighted by Gasteiger charge is 2.21. The first-order chi connectivity index (χ1) is 14.1. The average Bonchev–Trinajstić information content (AvgIpc) is 2.74. The van der Waals surface area contributed by atoms with Crippen LogP contribution in [0, 0.1) is 0 Å². The minimum absolute atomic E-state index is 0.105. The summed E-state index contributed by atoms with van der Waals surface area (Å²) in [7, 11) is 0. The van der Waals surface area contributed by atoms with Gasteiger partial charge in [0.2, 0.25) is 0 Å². The van der Waals surface area contributed by atoms with Crippen LogP contribution in [-0.2, 0) is 4.74 Å². The Hall–Kier alpha value is -2.67. The lowest BCUT2D eigenvalue weighted by atomic mass is 9.96. The molecule has 2 heterocycles. The SMILES string of the molecule is O=C(NCCN1CCOCC1)c1c(-c2ccccc2)c2cc(Cl)ccc2[nH]c1=O. The summed E-state index contributed by atoms with van der Waals surface area (Å²) >= 11 is 6.21. The molecule has 1 saturated heterocycles. The summed E-state index contributed by atoms with van der Waals surface area (Å²) in [5, 5.41) is 4.18. The van der Waals surface area contributed by atoms with Crippen LogP contribution < -0.4 is 10.9 Å². The van der Waals surface area contributed by atoms with Crippen molar-refractivity contribution in [3.8, 4) is 11.1 Å². The molecule has 0 spiro atoms. The van der Waals surface area contributed by atoms with Crippen molar-refractivity contribution in [2.75, 3.05) is 39.4 Å². The number of aromatic nitrogens is 1. The van der Waals surface area contributed by atoms with Gasteiger partial charge in [-0.1, -0.05) is 41.9 Å². The molecule has 0 bridgehead atoms. The number of pyridine rings is 1. The second-order valence-corrected chi connectivity index (χ2v) is 7.41. The van der Waals surface area contributed by atoms with Gasteiger partial charge >= 0.3 is 0 Å². The number of nitrogens with zero attached hydrogens (tertiary/aromatic N) is 1. The van der Waals surface area contributed by atoms with Gasteiger partial charge < -0.3 is 15.0 Å². The molecule has 2 N–H and O–H groups in total. The van der Waals surface area contributed by atoms with Gasteiger partial charge in [0, 0.05) is 47.7 Å². The normalized spacial score (nSPS) is 14.8. The minimum Gasteiger partial charge on any atom is -0.379 e. The van der Waals surface area contributed by atoms with Gasteiger partial charge in [-0.2, -0.15) is 0 Å². The molecule has 6 nitrogen and oxygen atoms in total. The Balaban J connectivity index is 1.70. The smallest absolute Gasteiger partial charge is 0.261 e. The van der Waals surface area contributed by atoms with Crippen LogP contribution in [0.5, 0.6) is 0 Å². The molecule has 4 rings (SSSR count). The first kappa shape index (κ1) is 19.6. The molecule has 0 aliphatic carbocycles. The van der Waals surface area contributed by atoms with Crippen molar-refractivity contribution in [1.29, 1.82) is 0 Å². The molecule has 1 aliphatic heterocycles. The van der Waals surface area contributed by atoms with Gasteiger partial charge in [-0.15, -0.1) is 0 Å². The fraction of sp³-hybridized carbons (Fsp3) is 0.273. The predicted molar refractivity (Wildman–Crippen MR) is 115 cm³/mol. The third kappa shape index (κ3) is 4.34. The largest absolute Gasteiger partial charge is 0.379 e. The number of amides is 1. The van der Waals surface area contributed by atoms with E-state index < -0.39 is 5.56 Å². The molecule has 1 aliphatic rings. The number of fused-ring (bicyclic) bond motifs is 1. The van der Waals surface area contributed by atoms with Crippen molar-refractivity contribution in [1.82, 2.24) is 15.2 Å². The zero-order valence-electron chi connectivity index (χ0n) is 15.9. The molecule has 0 unspecified atom stereocenters. The summed E-state index contributed by atoms with van der Waals surface area (Å²) in [5.74, 6) is -0.389. The Kier molecular flexibility index (Phi) is 5.94. The Morgan fingerprint density at radius 1 is 1.14 bits per heavy atom. The van der Waals surface area contributed by atoms with Gasteiger partial charge in [0.15, 0.2) is 0 Å². The monoisotopic (exact) mass is 411 g/mol. The van der Waals surface area contributed by atoms with Crippen molar-refractivity contribution < 1.29 is 9.53 Å². The number of nitrogens with one attached hydrogen (secondary N) is 2. The lowest BCUT2D eigenvalue weighted by Crippen LogP contribution is -2.42. The van der Waals surface area contributed by atoms with Gasteiger partial charge in [-0.25, -0.2) is 0 Å². The summed E-state index contributed by atoms with van der Waals surface area (Å²) in [6.45, 7) is 4.28. The topological polar surface area (TPSA) is 74.4 Å². The maximum Gasteiger partial charge on any atom is 0.261 e. The van der Waals surface area contributed by atoms with Crippen molar-refractivity contribution in [2.45, 2.75) is 0 Å². The highest BCUT2D eigenvalue weighted by Crippen LogP contribution is 2.31. The standard InChI is InChI=1S/C22H22ClN3O3/c23-16-6-7-18-17(14-16)19(15-4-2-1-3-5-15)20(22(28)25-18)21(27)24-8-9-26-10-12-29-13-11-26/h1-7,14H,8-13H2,(H,24,27)(H,25,28). The Bertz CT molecular complexity index is 1080. The molecule has 1 aromatic heterocycles. The number of aromatic amines is 1. The summed E-state index contributed by atoms with van der Waals surface area (Å²) in [6, 6.07) is 14.7. The fourth-order valence-electron chi connectivity index (χ4n) is 3.63. The average molecular weight is 412 g/mol.